The predicted molar refractivity (Wildman–Crippen MR) is 71.4 cm³/mol. The molecule has 0 saturated carbocycles. The summed E-state index contributed by atoms with van der Waals surface area (Å²) in [5.41, 5.74) is 3.11. The van der Waals surface area contributed by atoms with E-state index in [0.29, 0.717) is 5.15 Å². The summed E-state index contributed by atoms with van der Waals surface area (Å²) in [4.78, 5) is 7.63. The van der Waals surface area contributed by atoms with E-state index in [0.717, 1.165) is 30.0 Å². The topological polar surface area (TPSA) is 40.7 Å². The Kier molecular flexibility index (Phi) is 3.82. The quantitative estimate of drug-likeness (QED) is 0.875. The van der Waals surface area contributed by atoms with Crippen LogP contribution in [0.15, 0.2) is 24.3 Å². The number of likely N-dealkylation sites (N-methyl/N-ethyl adjacent to an activating group) is 1. The minimum absolute atomic E-state index is 0.611. The zero-order valence-corrected chi connectivity index (χ0v) is 10.8. The Bertz CT molecular complexity index is 488. The van der Waals surface area contributed by atoms with Gasteiger partial charge >= 0.3 is 0 Å². The van der Waals surface area contributed by atoms with E-state index in [1.54, 1.807) is 0 Å². The molecule has 0 atom stereocenters. The Morgan fingerprint density at radius 2 is 2.00 bits per heavy atom. The Morgan fingerprint density at radius 3 is 2.65 bits per heavy atom. The average Bonchev–Trinajstić information content (AvgIpc) is 2.69. The third kappa shape index (κ3) is 2.87. The summed E-state index contributed by atoms with van der Waals surface area (Å²) in [6, 6.07) is 8.21. The van der Waals surface area contributed by atoms with E-state index < -0.39 is 0 Å². The van der Waals surface area contributed by atoms with Crippen molar-refractivity contribution < 1.29 is 0 Å². The molecule has 1 aromatic carbocycles. The molecule has 0 bridgehead atoms. The number of hydrogen-bond donors (Lipinski definition) is 2. The van der Waals surface area contributed by atoms with Gasteiger partial charge in [-0.15, -0.1) is 0 Å². The number of rotatable bonds is 4. The largest absolute Gasteiger partial charge is 0.332 e. The second-order valence-electron chi connectivity index (χ2n) is 4.07. The second-order valence-corrected chi connectivity index (χ2v) is 4.44. The summed E-state index contributed by atoms with van der Waals surface area (Å²) in [5, 5.41) is 3.70. The lowest BCUT2D eigenvalue weighted by Gasteiger charge is -1.98. The van der Waals surface area contributed by atoms with Gasteiger partial charge in [0.05, 0.1) is 0 Å². The van der Waals surface area contributed by atoms with Crippen LogP contribution in [-0.4, -0.2) is 23.6 Å². The van der Waals surface area contributed by atoms with Gasteiger partial charge in [0.2, 0.25) is 0 Å². The maximum atomic E-state index is 6.16. The van der Waals surface area contributed by atoms with Gasteiger partial charge in [-0.2, -0.15) is 0 Å². The van der Waals surface area contributed by atoms with Gasteiger partial charge < -0.3 is 10.3 Å². The number of aromatic amines is 1. The van der Waals surface area contributed by atoms with E-state index in [1.165, 1.54) is 5.56 Å². The smallest absolute Gasteiger partial charge is 0.134 e. The van der Waals surface area contributed by atoms with Crippen LogP contribution in [0.5, 0.6) is 0 Å². The Hall–Kier alpha value is -1.32. The summed E-state index contributed by atoms with van der Waals surface area (Å²) >= 11 is 6.16. The third-order valence-corrected chi connectivity index (χ3v) is 2.92. The first-order valence-electron chi connectivity index (χ1n) is 5.66. The van der Waals surface area contributed by atoms with Crippen molar-refractivity contribution in [1.29, 1.82) is 0 Å². The molecule has 1 heterocycles. The van der Waals surface area contributed by atoms with Gasteiger partial charge in [-0.05, 0) is 14.0 Å². The van der Waals surface area contributed by atoms with Crippen molar-refractivity contribution in [1.82, 2.24) is 15.3 Å². The number of H-pyrrole nitrogens is 1. The molecule has 90 valence electrons. The molecular weight excluding hydrogens is 234 g/mol. The average molecular weight is 250 g/mol. The first-order chi connectivity index (χ1) is 8.20. The fraction of sp³-hybridized carbons (Fsp3) is 0.308. The van der Waals surface area contributed by atoms with Crippen LogP contribution in [-0.2, 0) is 6.42 Å². The minimum atomic E-state index is 0.611. The molecule has 0 aliphatic carbocycles. The summed E-state index contributed by atoms with van der Waals surface area (Å²) in [7, 11) is 1.92. The molecule has 3 nitrogen and oxygen atoms in total. The van der Waals surface area contributed by atoms with Crippen molar-refractivity contribution in [2.75, 3.05) is 13.6 Å². The number of hydrogen-bond acceptors (Lipinski definition) is 2. The van der Waals surface area contributed by atoms with Gasteiger partial charge in [-0.25, -0.2) is 4.98 Å². The number of imidazole rings is 1. The van der Waals surface area contributed by atoms with Crippen molar-refractivity contribution in [2.45, 2.75) is 13.3 Å². The van der Waals surface area contributed by atoms with Crippen LogP contribution in [0.2, 0.25) is 5.15 Å². The fourth-order valence-electron chi connectivity index (χ4n) is 1.66. The van der Waals surface area contributed by atoms with Crippen LogP contribution < -0.4 is 5.32 Å². The van der Waals surface area contributed by atoms with Gasteiger partial charge in [0.25, 0.3) is 0 Å². The van der Waals surface area contributed by atoms with Crippen LogP contribution in [0, 0.1) is 6.92 Å². The van der Waals surface area contributed by atoms with Crippen LogP contribution in [0.1, 0.15) is 11.4 Å². The van der Waals surface area contributed by atoms with E-state index >= 15 is 0 Å². The lowest BCUT2D eigenvalue weighted by molar-refractivity contribution is 0.764. The molecule has 2 aromatic rings. The highest BCUT2D eigenvalue weighted by Gasteiger charge is 2.09. The first-order valence-corrected chi connectivity index (χ1v) is 6.04. The van der Waals surface area contributed by atoms with Gasteiger partial charge in [0.1, 0.15) is 16.7 Å². The maximum absolute atomic E-state index is 6.16. The Morgan fingerprint density at radius 1 is 1.29 bits per heavy atom. The molecule has 0 saturated heterocycles. The molecule has 0 fully saturated rings. The molecule has 0 spiro atoms. The lowest BCUT2D eigenvalue weighted by Crippen LogP contribution is -2.11. The summed E-state index contributed by atoms with van der Waals surface area (Å²) < 4.78 is 0. The van der Waals surface area contributed by atoms with E-state index in [2.05, 4.69) is 34.3 Å². The molecule has 4 heteroatoms. The zero-order valence-electron chi connectivity index (χ0n) is 10.0. The highest BCUT2D eigenvalue weighted by Crippen LogP contribution is 2.25. The van der Waals surface area contributed by atoms with E-state index in [4.69, 9.17) is 11.6 Å². The van der Waals surface area contributed by atoms with Crippen LogP contribution >= 0.6 is 11.6 Å². The van der Waals surface area contributed by atoms with Crippen molar-refractivity contribution >= 4 is 11.6 Å². The molecule has 0 aliphatic heterocycles. The molecular formula is C13H16ClN3. The van der Waals surface area contributed by atoms with Crippen molar-refractivity contribution in [3.05, 3.63) is 40.8 Å². The van der Waals surface area contributed by atoms with Crippen LogP contribution in [0.4, 0.5) is 0 Å². The lowest BCUT2D eigenvalue weighted by atomic mass is 10.1. The van der Waals surface area contributed by atoms with E-state index in [-0.39, 0.29) is 0 Å². The van der Waals surface area contributed by atoms with Gasteiger partial charge in [-0.1, -0.05) is 41.4 Å². The number of aromatic nitrogens is 2. The standard InChI is InChI=1S/C13H16ClN3/c1-9-3-5-10(6-4-9)12-13(14)17-11(16-12)7-8-15-2/h3-6,15H,7-8H2,1-2H3,(H,16,17). The van der Waals surface area contributed by atoms with E-state index in [1.807, 2.05) is 19.2 Å². The van der Waals surface area contributed by atoms with Gasteiger partial charge in [0, 0.05) is 18.5 Å². The predicted octanol–water partition coefficient (Wildman–Crippen LogP) is 2.80. The summed E-state index contributed by atoms with van der Waals surface area (Å²) in [5.74, 6) is 0.917. The number of nitrogens with zero attached hydrogens (tertiary/aromatic N) is 1. The number of halogens is 1. The fourth-order valence-corrected chi connectivity index (χ4v) is 1.92. The highest BCUT2D eigenvalue weighted by molar-refractivity contribution is 6.31. The highest BCUT2D eigenvalue weighted by atomic mass is 35.5. The molecule has 0 amide bonds. The minimum Gasteiger partial charge on any atom is -0.332 e. The molecule has 17 heavy (non-hydrogen) atoms. The number of nitrogens with one attached hydrogen (secondary N) is 2. The molecule has 1 aromatic heterocycles. The SMILES string of the molecule is CNCCc1nc(-c2ccc(C)cc2)c(Cl)[nH]1. The number of aryl methyl sites for hydroxylation is 1. The Balaban J connectivity index is 2.26. The van der Waals surface area contributed by atoms with Crippen molar-refractivity contribution in [3.8, 4) is 11.3 Å². The van der Waals surface area contributed by atoms with Gasteiger partial charge in [-0.3, -0.25) is 0 Å². The Labute approximate surface area is 106 Å². The summed E-state index contributed by atoms with van der Waals surface area (Å²) in [6.45, 7) is 2.95. The molecule has 2 rings (SSSR count). The monoisotopic (exact) mass is 249 g/mol. The normalized spacial score (nSPS) is 10.8. The van der Waals surface area contributed by atoms with Crippen molar-refractivity contribution in [3.63, 3.8) is 0 Å². The molecule has 0 radical (unpaired) electrons. The van der Waals surface area contributed by atoms with Gasteiger partial charge in [0.15, 0.2) is 0 Å². The first kappa shape index (κ1) is 12.1. The van der Waals surface area contributed by atoms with Crippen molar-refractivity contribution in [2.24, 2.45) is 0 Å². The second kappa shape index (κ2) is 5.34. The maximum Gasteiger partial charge on any atom is 0.134 e. The molecule has 0 unspecified atom stereocenters. The zero-order chi connectivity index (χ0) is 12.3. The van der Waals surface area contributed by atoms with Crippen LogP contribution in [0.3, 0.4) is 0 Å². The number of benzene rings is 1. The summed E-state index contributed by atoms with van der Waals surface area (Å²) in [6.07, 6.45) is 0.849. The molecule has 2 N–H and O–H groups in total. The molecule has 0 aliphatic rings. The van der Waals surface area contributed by atoms with Crippen LogP contribution in [0.25, 0.3) is 11.3 Å². The van der Waals surface area contributed by atoms with E-state index in [9.17, 15) is 0 Å². The third-order valence-electron chi connectivity index (χ3n) is 2.65.